The first kappa shape index (κ1) is 33.3. The van der Waals surface area contributed by atoms with Crippen molar-refractivity contribution >= 4 is 0 Å². The van der Waals surface area contributed by atoms with Crippen molar-refractivity contribution in [2.45, 2.75) is 57.2 Å². The summed E-state index contributed by atoms with van der Waals surface area (Å²) in [5.41, 5.74) is 4.25. The summed E-state index contributed by atoms with van der Waals surface area (Å²) in [7, 11) is 0. The minimum Gasteiger partial charge on any atom is -0.494 e. The molecule has 7 heteroatoms. The number of hydrogen-bond acceptors (Lipinski definition) is 7. The Hall–Kier alpha value is -4.04. The summed E-state index contributed by atoms with van der Waals surface area (Å²) >= 11 is 0. The molecule has 1 aliphatic rings. The average molecular weight is 627 g/mol. The summed E-state index contributed by atoms with van der Waals surface area (Å²) in [6, 6.07) is 32.3. The summed E-state index contributed by atoms with van der Waals surface area (Å²) in [6.45, 7) is 11.0. The molecular formula is C39H46O7. The number of hydrogen-bond donors (Lipinski definition) is 2. The Kier molecular flexibility index (Phi) is 10.9. The molecule has 0 saturated carbocycles. The van der Waals surface area contributed by atoms with Crippen molar-refractivity contribution in [2.24, 2.45) is 0 Å². The lowest BCUT2D eigenvalue weighted by Crippen LogP contribution is -2.25. The molecule has 0 amide bonds. The molecule has 0 spiro atoms. The Morgan fingerprint density at radius 1 is 0.609 bits per heavy atom. The average Bonchev–Trinajstić information content (AvgIpc) is 3.91. The van der Waals surface area contributed by atoms with Gasteiger partial charge in [-0.15, -0.1) is 0 Å². The summed E-state index contributed by atoms with van der Waals surface area (Å²) in [6.07, 6.45) is 0.0729. The fraction of sp³-hybridized carbons (Fsp3) is 0.385. The van der Waals surface area contributed by atoms with Gasteiger partial charge in [-0.3, -0.25) is 0 Å². The lowest BCUT2D eigenvalue weighted by atomic mass is 9.78. The minimum absolute atomic E-state index is 0.122. The normalized spacial score (nSPS) is 15.2. The maximum atomic E-state index is 10.5. The van der Waals surface area contributed by atoms with Gasteiger partial charge in [-0.25, -0.2) is 0 Å². The predicted molar refractivity (Wildman–Crippen MR) is 179 cm³/mol. The van der Waals surface area contributed by atoms with Crippen LogP contribution in [-0.2, 0) is 15.6 Å². The van der Waals surface area contributed by atoms with E-state index in [9.17, 15) is 5.11 Å². The van der Waals surface area contributed by atoms with Crippen molar-refractivity contribution < 1.29 is 33.9 Å². The van der Waals surface area contributed by atoms with Crippen LogP contribution in [0.2, 0.25) is 0 Å². The molecule has 1 heterocycles. The smallest absolute Gasteiger partial charge is 0.122 e. The summed E-state index contributed by atoms with van der Waals surface area (Å²) in [5, 5.41) is 19.5. The minimum atomic E-state index is -0.780. The van der Waals surface area contributed by atoms with Gasteiger partial charge in [0.15, 0.2) is 0 Å². The van der Waals surface area contributed by atoms with Crippen LogP contribution < -0.4 is 18.9 Å². The van der Waals surface area contributed by atoms with Gasteiger partial charge in [-0.2, -0.15) is 0 Å². The van der Waals surface area contributed by atoms with E-state index < -0.39 is 6.10 Å². The molecule has 2 unspecified atom stereocenters. The lowest BCUT2D eigenvalue weighted by Gasteiger charge is -2.26. The quantitative estimate of drug-likeness (QED) is 0.0997. The number of benzene rings is 4. The Morgan fingerprint density at radius 2 is 0.957 bits per heavy atom. The van der Waals surface area contributed by atoms with Crippen molar-refractivity contribution in [1.29, 1.82) is 0 Å². The number of rotatable bonds is 17. The Labute approximate surface area is 272 Å². The van der Waals surface area contributed by atoms with Gasteiger partial charge < -0.3 is 33.9 Å². The van der Waals surface area contributed by atoms with Gasteiger partial charge in [0.1, 0.15) is 55.0 Å². The molecule has 244 valence electrons. The molecule has 1 aliphatic heterocycles. The highest BCUT2D eigenvalue weighted by Crippen LogP contribution is 2.35. The van der Waals surface area contributed by atoms with Crippen molar-refractivity contribution in [3.63, 3.8) is 0 Å². The van der Waals surface area contributed by atoms with Gasteiger partial charge >= 0.3 is 0 Å². The lowest BCUT2D eigenvalue weighted by molar-refractivity contribution is 0.0626. The highest BCUT2D eigenvalue weighted by Gasteiger charge is 2.25. The third kappa shape index (κ3) is 8.81. The molecular weight excluding hydrogens is 580 g/mol. The van der Waals surface area contributed by atoms with E-state index >= 15 is 0 Å². The molecule has 1 fully saturated rings. The van der Waals surface area contributed by atoms with Crippen LogP contribution >= 0.6 is 0 Å². The molecule has 2 N–H and O–H groups in total. The molecule has 5 rings (SSSR count). The van der Waals surface area contributed by atoms with Gasteiger partial charge in [0.2, 0.25) is 0 Å². The van der Waals surface area contributed by atoms with Crippen LogP contribution in [0.4, 0.5) is 0 Å². The Morgan fingerprint density at radius 3 is 1.30 bits per heavy atom. The molecule has 2 atom stereocenters. The van der Waals surface area contributed by atoms with E-state index in [4.69, 9.17) is 28.8 Å². The maximum Gasteiger partial charge on any atom is 0.122 e. The molecule has 4 aromatic carbocycles. The van der Waals surface area contributed by atoms with Crippen LogP contribution in [0.5, 0.6) is 23.0 Å². The second-order valence-corrected chi connectivity index (χ2v) is 12.8. The Balaban J connectivity index is 1.07. The Bertz CT molecular complexity index is 1490. The maximum absolute atomic E-state index is 10.5. The number of ether oxygens (including phenoxy) is 5. The van der Waals surface area contributed by atoms with Gasteiger partial charge in [0.05, 0.1) is 13.2 Å². The van der Waals surface area contributed by atoms with Crippen LogP contribution in [0.25, 0.3) is 0 Å². The summed E-state index contributed by atoms with van der Waals surface area (Å²) < 4.78 is 28.4. The first-order chi connectivity index (χ1) is 22.1. The van der Waals surface area contributed by atoms with Gasteiger partial charge in [-0.05, 0) is 70.8 Å². The zero-order valence-electron chi connectivity index (χ0n) is 27.3. The molecule has 0 aromatic heterocycles. The van der Waals surface area contributed by atoms with Crippen molar-refractivity contribution in [1.82, 2.24) is 0 Å². The topological polar surface area (TPSA) is 89.9 Å². The van der Waals surface area contributed by atoms with Crippen LogP contribution in [-0.4, -0.2) is 62.1 Å². The fourth-order valence-corrected chi connectivity index (χ4v) is 5.25. The SMILES string of the molecule is CC(C)(c1ccc(OCCCO)cc1)c1ccc(OCC(O)COc2ccc(C(C)(C)c3ccc(OCC4CO4)cc3)cc2)cc1. The third-order valence-electron chi connectivity index (χ3n) is 8.60. The van der Waals surface area contributed by atoms with Gasteiger partial charge in [0.25, 0.3) is 0 Å². The third-order valence-corrected chi connectivity index (χ3v) is 8.60. The summed E-state index contributed by atoms with van der Waals surface area (Å²) in [5.74, 6) is 3.03. The standard InChI is InChI=1S/C39H46O7/c1-38(2,28-6-14-33(15-7-28)42-23-5-22-40)29-8-16-34(17-9-29)43-24-32(41)25-44-35-18-10-30(11-19-35)39(3,4)31-12-20-36(21-13-31)45-26-37-27-46-37/h6-21,32,37,40-41H,5,22-27H2,1-4H3. The van der Waals surface area contributed by atoms with Crippen LogP contribution in [0.3, 0.4) is 0 Å². The van der Waals surface area contributed by atoms with Crippen LogP contribution in [0, 0.1) is 0 Å². The van der Waals surface area contributed by atoms with E-state index in [0.717, 1.165) is 29.2 Å². The highest BCUT2D eigenvalue weighted by molar-refractivity contribution is 5.43. The molecule has 46 heavy (non-hydrogen) atoms. The zero-order chi connectivity index (χ0) is 32.6. The second-order valence-electron chi connectivity index (χ2n) is 12.8. The highest BCUT2D eigenvalue weighted by atomic mass is 16.6. The largest absolute Gasteiger partial charge is 0.494 e. The molecule has 0 bridgehead atoms. The number of epoxide rings is 1. The van der Waals surface area contributed by atoms with E-state index in [1.165, 1.54) is 11.1 Å². The van der Waals surface area contributed by atoms with E-state index in [2.05, 4.69) is 76.2 Å². The molecule has 1 saturated heterocycles. The second kappa shape index (κ2) is 15.0. The molecule has 4 aromatic rings. The van der Waals surface area contributed by atoms with Crippen LogP contribution in [0.1, 0.15) is 56.4 Å². The van der Waals surface area contributed by atoms with Gasteiger partial charge in [-0.1, -0.05) is 76.2 Å². The number of aliphatic hydroxyl groups excluding tert-OH is 2. The molecule has 7 nitrogen and oxygen atoms in total. The first-order valence-electron chi connectivity index (χ1n) is 16.0. The zero-order valence-corrected chi connectivity index (χ0v) is 27.3. The summed E-state index contributed by atoms with van der Waals surface area (Å²) in [4.78, 5) is 0. The van der Waals surface area contributed by atoms with E-state index in [0.29, 0.717) is 31.1 Å². The predicted octanol–water partition coefficient (Wildman–Crippen LogP) is 6.70. The molecule has 0 radical (unpaired) electrons. The van der Waals surface area contributed by atoms with Gasteiger partial charge in [0, 0.05) is 23.9 Å². The van der Waals surface area contributed by atoms with Crippen LogP contribution in [0.15, 0.2) is 97.1 Å². The van der Waals surface area contributed by atoms with E-state index in [1.807, 2.05) is 48.5 Å². The van der Waals surface area contributed by atoms with Crippen molar-refractivity contribution in [2.75, 3.05) is 39.6 Å². The first-order valence-corrected chi connectivity index (χ1v) is 16.0. The fourth-order valence-electron chi connectivity index (χ4n) is 5.25. The van der Waals surface area contributed by atoms with E-state index in [1.54, 1.807) is 0 Å². The number of aliphatic hydroxyl groups is 2. The monoisotopic (exact) mass is 626 g/mol. The van der Waals surface area contributed by atoms with Crippen molar-refractivity contribution in [3.05, 3.63) is 119 Å². The molecule has 0 aliphatic carbocycles. The van der Waals surface area contributed by atoms with E-state index in [-0.39, 0.29) is 36.8 Å². The van der Waals surface area contributed by atoms with Crippen molar-refractivity contribution in [3.8, 4) is 23.0 Å².